The average molecular weight is 404 g/mol. The lowest BCUT2D eigenvalue weighted by atomic mass is 9.92. The summed E-state index contributed by atoms with van der Waals surface area (Å²) in [5.41, 5.74) is 5.35. The van der Waals surface area contributed by atoms with Crippen LogP contribution in [0.15, 0.2) is 79.0 Å². The van der Waals surface area contributed by atoms with Crippen LogP contribution < -0.4 is 10.6 Å². The Balaban J connectivity index is 0.000000228. The Morgan fingerprint density at radius 2 is 1.47 bits per heavy atom. The van der Waals surface area contributed by atoms with Crippen molar-refractivity contribution in [3.63, 3.8) is 0 Å². The molecule has 3 heteroatoms. The van der Waals surface area contributed by atoms with Crippen LogP contribution in [0, 0.1) is 0 Å². The molecule has 3 nitrogen and oxygen atoms in total. The fraction of sp³-hybridized carbons (Fsp3) is 0.370. The van der Waals surface area contributed by atoms with Gasteiger partial charge in [0.05, 0.1) is 11.7 Å². The Kier molecular flexibility index (Phi) is 11.5. The molecule has 0 aliphatic heterocycles. The first kappa shape index (κ1) is 23.8. The van der Waals surface area contributed by atoms with Crippen molar-refractivity contribution in [1.82, 2.24) is 15.6 Å². The van der Waals surface area contributed by atoms with Crippen molar-refractivity contribution in [2.45, 2.75) is 59.2 Å². The first-order valence-corrected chi connectivity index (χ1v) is 11.3. The van der Waals surface area contributed by atoms with E-state index in [1.54, 1.807) is 0 Å². The second-order valence-electron chi connectivity index (χ2n) is 7.13. The predicted octanol–water partition coefficient (Wildman–Crippen LogP) is 6.07. The fourth-order valence-electron chi connectivity index (χ4n) is 3.51. The predicted molar refractivity (Wildman–Crippen MR) is 128 cm³/mol. The van der Waals surface area contributed by atoms with E-state index in [0.717, 1.165) is 19.6 Å². The lowest BCUT2D eigenvalue weighted by Gasteiger charge is -2.25. The van der Waals surface area contributed by atoms with E-state index >= 15 is 0 Å². The van der Waals surface area contributed by atoms with E-state index in [2.05, 4.69) is 83.2 Å². The van der Waals surface area contributed by atoms with Crippen LogP contribution in [0.25, 0.3) is 0 Å². The first-order valence-electron chi connectivity index (χ1n) is 11.3. The van der Waals surface area contributed by atoms with E-state index in [4.69, 9.17) is 0 Å². The maximum Gasteiger partial charge on any atom is 0.0605 e. The molecule has 1 aliphatic carbocycles. The van der Waals surface area contributed by atoms with Crippen molar-refractivity contribution < 1.29 is 0 Å². The van der Waals surface area contributed by atoms with E-state index in [-0.39, 0.29) is 0 Å². The van der Waals surface area contributed by atoms with Crippen LogP contribution in [0.3, 0.4) is 0 Å². The molecule has 0 amide bonds. The molecule has 2 N–H and O–H groups in total. The zero-order valence-electron chi connectivity index (χ0n) is 18.8. The van der Waals surface area contributed by atoms with Crippen LogP contribution in [0.5, 0.6) is 0 Å². The van der Waals surface area contributed by atoms with Gasteiger partial charge in [0.1, 0.15) is 0 Å². The van der Waals surface area contributed by atoms with Gasteiger partial charge in [-0.1, -0.05) is 87.5 Å². The summed E-state index contributed by atoms with van der Waals surface area (Å²) in [5.74, 6) is 0. The summed E-state index contributed by atoms with van der Waals surface area (Å²) in [6.07, 6.45) is 5.52. The molecule has 3 aromatic rings. The molecule has 30 heavy (non-hydrogen) atoms. The molecule has 0 radical (unpaired) electrons. The zero-order valence-corrected chi connectivity index (χ0v) is 18.8. The van der Waals surface area contributed by atoms with Gasteiger partial charge in [-0.05, 0) is 48.6 Å². The molecule has 2 aromatic carbocycles. The van der Waals surface area contributed by atoms with Crippen LogP contribution in [-0.4, -0.2) is 11.5 Å². The van der Waals surface area contributed by atoms with Crippen molar-refractivity contribution in [2.24, 2.45) is 0 Å². The lowest BCUT2D eigenvalue weighted by Crippen LogP contribution is -2.25. The quantitative estimate of drug-likeness (QED) is 0.524. The second kappa shape index (κ2) is 14.5. The third-order valence-electron chi connectivity index (χ3n) is 5.01. The van der Waals surface area contributed by atoms with Gasteiger partial charge < -0.3 is 10.6 Å². The summed E-state index contributed by atoms with van der Waals surface area (Å²) in [4.78, 5) is 4.55. The topological polar surface area (TPSA) is 37.0 Å². The smallest absolute Gasteiger partial charge is 0.0605 e. The number of benzene rings is 2. The Bertz CT molecular complexity index is 803. The molecule has 4 rings (SSSR count). The molecule has 0 saturated carbocycles. The number of rotatable bonds is 6. The molecule has 0 spiro atoms. The maximum atomic E-state index is 4.55. The van der Waals surface area contributed by atoms with Gasteiger partial charge in [-0.3, -0.25) is 4.98 Å². The molecule has 0 fully saturated rings. The van der Waals surface area contributed by atoms with Crippen molar-refractivity contribution in [2.75, 3.05) is 6.54 Å². The SMILES string of the molecule is CC.CCNCc1ccccc1.c1ccc(CNC2CCCc3cccnc32)cc1. The molecule has 0 saturated heterocycles. The number of hydrogen-bond donors (Lipinski definition) is 2. The van der Waals surface area contributed by atoms with E-state index in [1.807, 2.05) is 32.2 Å². The Morgan fingerprint density at radius 3 is 2.10 bits per heavy atom. The van der Waals surface area contributed by atoms with Crippen LogP contribution in [-0.2, 0) is 19.5 Å². The van der Waals surface area contributed by atoms with Crippen molar-refractivity contribution in [1.29, 1.82) is 0 Å². The molecule has 1 heterocycles. The highest BCUT2D eigenvalue weighted by atomic mass is 14.9. The Morgan fingerprint density at radius 1 is 0.833 bits per heavy atom. The monoisotopic (exact) mass is 403 g/mol. The molecule has 160 valence electrons. The van der Waals surface area contributed by atoms with Crippen molar-refractivity contribution >= 4 is 0 Å². The van der Waals surface area contributed by atoms with E-state index in [9.17, 15) is 0 Å². The summed E-state index contributed by atoms with van der Waals surface area (Å²) in [6.45, 7) is 9.05. The average Bonchev–Trinajstić information content (AvgIpc) is 2.84. The summed E-state index contributed by atoms with van der Waals surface area (Å²) in [6, 6.07) is 25.6. The highest BCUT2D eigenvalue weighted by Crippen LogP contribution is 2.27. The first-order chi connectivity index (χ1) is 14.9. The van der Waals surface area contributed by atoms with Crippen molar-refractivity contribution in [3.8, 4) is 0 Å². The van der Waals surface area contributed by atoms with Gasteiger partial charge in [-0.25, -0.2) is 0 Å². The van der Waals surface area contributed by atoms with Gasteiger partial charge >= 0.3 is 0 Å². The number of pyridine rings is 1. The van der Waals surface area contributed by atoms with Gasteiger partial charge in [0.2, 0.25) is 0 Å². The van der Waals surface area contributed by atoms with Gasteiger partial charge in [0, 0.05) is 19.3 Å². The maximum absolute atomic E-state index is 4.55. The van der Waals surface area contributed by atoms with E-state index < -0.39 is 0 Å². The number of aryl methyl sites for hydroxylation is 1. The Labute approximate surface area is 183 Å². The van der Waals surface area contributed by atoms with Crippen LogP contribution in [0.4, 0.5) is 0 Å². The minimum absolute atomic E-state index is 0.412. The number of fused-ring (bicyclic) bond motifs is 1. The third kappa shape index (κ3) is 8.10. The van der Waals surface area contributed by atoms with Gasteiger partial charge in [-0.2, -0.15) is 0 Å². The molecule has 1 aliphatic rings. The van der Waals surface area contributed by atoms with Gasteiger partial charge in [-0.15, -0.1) is 0 Å². The highest BCUT2D eigenvalue weighted by Gasteiger charge is 2.20. The van der Waals surface area contributed by atoms with Crippen LogP contribution in [0.2, 0.25) is 0 Å². The zero-order chi connectivity index (χ0) is 21.4. The number of hydrogen-bond acceptors (Lipinski definition) is 3. The standard InChI is InChI=1S/C16H18N2.C9H13N.C2H6/c1-2-6-13(7-3-1)12-18-15-10-4-8-14-9-5-11-17-16(14)15;1-2-10-8-9-6-4-3-5-7-9;1-2/h1-3,5-7,9,11,15,18H,4,8,10,12H2;3-7,10H,2,8H2,1H3;1-2H3. The summed E-state index contributed by atoms with van der Waals surface area (Å²) >= 11 is 0. The Hall–Kier alpha value is -2.49. The fourth-order valence-corrected chi connectivity index (χ4v) is 3.51. The number of nitrogens with one attached hydrogen (secondary N) is 2. The second-order valence-corrected chi connectivity index (χ2v) is 7.13. The molecule has 0 bridgehead atoms. The minimum Gasteiger partial charge on any atom is -0.313 e. The molecular weight excluding hydrogens is 366 g/mol. The normalized spacial score (nSPS) is 14.4. The molecule has 1 atom stereocenters. The van der Waals surface area contributed by atoms with Gasteiger partial charge in [0.25, 0.3) is 0 Å². The van der Waals surface area contributed by atoms with E-state index in [0.29, 0.717) is 6.04 Å². The van der Waals surface area contributed by atoms with Crippen LogP contribution >= 0.6 is 0 Å². The minimum atomic E-state index is 0.412. The van der Waals surface area contributed by atoms with Gasteiger partial charge in [0.15, 0.2) is 0 Å². The number of aromatic nitrogens is 1. The summed E-state index contributed by atoms with van der Waals surface area (Å²) in [7, 11) is 0. The van der Waals surface area contributed by atoms with E-state index in [1.165, 1.54) is 41.6 Å². The number of nitrogens with zero attached hydrogens (tertiary/aromatic N) is 1. The summed E-state index contributed by atoms with van der Waals surface area (Å²) in [5, 5.41) is 6.90. The lowest BCUT2D eigenvalue weighted by molar-refractivity contribution is 0.447. The molecule has 1 unspecified atom stereocenters. The summed E-state index contributed by atoms with van der Waals surface area (Å²) < 4.78 is 0. The molecule has 1 aromatic heterocycles. The van der Waals surface area contributed by atoms with Crippen LogP contribution in [0.1, 0.15) is 62.0 Å². The largest absolute Gasteiger partial charge is 0.313 e. The highest BCUT2D eigenvalue weighted by molar-refractivity contribution is 5.26. The molecular formula is C27H37N3. The van der Waals surface area contributed by atoms with Crippen molar-refractivity contribution in [3.05, 3.63) is 101 Å². The third-order valence-corrected chi connectivity index (χ3v) is 5.01.